The van der Waals surface area contributed by atoms with E-state index in [9.17, 15) is 13.2 Å². The minimum Gasteiger partial charge on any atom is -0.271 e. The zero-order valence-corrected chi connectivity index (χ0v) is 20.8. The molecule has 1 N–H and O–H groups in total. The SMILES string of the molecule is Cc1ccc(S(=O)(=O)N(CC(=O)N/N=C\c2ccc(Cl)cc2Cl)c2ccc(C)c(Cl)c2)cc1. The van der Waals surface area contributed by atoms with Gasteiger partial charge in [-0.2, -0.15) is 5.10 Å². The summed E-state index contributed by atoms with van der Waals surface area (Å²) in [5, 5.41) is 5.09. The Labute approximate surface area is 207 Å². The minimum absolute atomic E-state index is 0.0500. The van der Waals surface area contributed by atoms with Gasteiger partial charge in [0.05, 0.1) is 21.8 Å². The Morgan fingerprint density at radius 2 is 1.67 bits per heavy atom. The van der Waals surface area contributed by atoms with E-state index in [2.05, 4.69) is 10.5 Å². The number of anilines is 1. The molecule has 172 valence electrons. The van der Waals surface area contributed by atoms with E-state index in [1.807, 2.05) is 6.92 Å². The second-order valence-electron chi connectivity index (χ2n) is 7.22. The van der Waals surface area contributed by atoms with Crippen LogP contribution in [0.2, 0.25) is 15.1 Å². The molecule has 10 heteroatoms. The third-order valence-corrected chi connectivity index (χ3v) is 7.45. The van der Waals surface area contributed by atoms with E-state index in [0.717, 1.165) is 15.4 Å². The van der Waals surface area contributed by atoms with E-state index in [-0.39, 0.29) is 10.6 Å². The van der Waals surface area contributed by atoms with Gasteiger partial charge in [-0.15, -0.1) is 0 Å². The Balaban J connectivity index is 1.87. The summed E-state index contributed by atoms with van der Waals surface area (Å²) < 4.78 is 27.8. The lowest BCUT2D eigenvalue weighted by atomic mass is 10.2. The Morgan fingerprint density at radius 3 is 2.30 bits per heavy atom. The summed E-state index contributed by atoms with van der Waals surface area (Å²) in [6.45, 7) is 3.14. The van der Waals surface area contributed by atoms with Crippen molar-refractivity contribution in [2.24, 2.45) is 5.10 Å². The Bertz CT molecular complexity index is 1310. The summed E-state index contributed by atoms with van der Waals surface area (Å²) in [6.07, 6.45) is 1.35. The van der Waals surface area contributed by atoms with E-state index in [4.69, 9.17) is 34.8 Å². The fourth-order valence-corrected chi connectivity index (χ4v) is 4.88. The van der Waals surface area contributed by atoms with Gasteiger partial charge in [0.1, 0.15) is 6.54 Å². The second kappa shape index (κ2) is 10.6. The first-order valence-electron chi connectivity index (χ1n) is 9.70. The maximum Gasteiger partial charge on any atom is 0.264 e. The number of benzene rings is 3. The van der Waals surface area contributed by atoms with Crippen molar-refractivity contribution in [1.29, 1.82) is 0 Å². The van der Waals surface area contributed by atoms with Gasteiger partial charge in [0.25, 0.3) is 15.9 Å². The monoisotopic (exact) mass is 523 g/mol. The molecule has 0 radical (unpaired) electrons. The van der Waals surface area contributed by atoms with E-state index >= 15 is 0 Å². The first kappa shape index (κ1) is 25.1. The van der Waals surface area contributed by atoms with Gasteiger partial charge < -0.3 is 0 Å². The highest BCUT2D eigenvalue weighted by atomic mass is 35.5. The highest BCUT2D eigenvalue weighted by Gasteiger charge is 2.27. The normalized spacial score (nSPS) is 11.5. The van der Waals surface area contributed by atoms with Crippen LogP contribution in [0.1, 0.15) is 16.7 Å². The third kappa shape index (κ3) is 6.26. The molecule has 3 rings (SSSR count). The lowest BCUT2D eigenvalue weighted by Crippen LogP contribution is -2.39. The number of rotatable bonds is 7. The molecule has 0 aliphatic rings. The van der Waals surface area contributed by atoms with Crippen molar-refractivity contribution in [3.05, 3.63) is 92.4 Å². The van der Waals surface area contributed by atoms with Crippen molar-refractivity contribution < 1.29 is 13.2 Å². The Kier molecular flexibility index (Phi) is 8.02. The molecular formula is C23H20Cl3N3O3S. The van der Waals surface area contributed by atoms with Crippen molar-refractivity contribution in [3.8, 4) is 0 Å². The van der Waals surface area contributed by atoms with Crippen LogP contribution in [0, 0.1) is 13.8 Å². The molecule has 0 heterocycles. The molecule has 0 saturated carbocycles. The number of sulfonamides is 1. The minimum atomic E-state index is -4.06. The average Bonchev–Trinajstić information content (AvgIpc) is 2.76. The molecule has 0 aliphatic heterocycles. The summed E-state index contributed by atoms with van der Waals surface area (Å²) in [4.78, 5) is 12.7. The van der Waals surface area contributed by atoms with Gasteiger partial charge in [-0.05, 0) is 55.8 Å². The summed E-state index contributed by atoms with van der Waals surface area (Å²) in [5.74, 6) is -0.649. The molecule has 0 atom stereocenters. The van der Waals surface area contributed by atoms with Crippen LogP contribution in [0.15, 0.2) is 70.7 Å². The lowest BCUT2D eigenvalue weighted by molar-refractivity contribution is -0.119. The first-order chi connectivity index (χ1) is 15.6. The van der Waals surface area contributed by atoms with Crippen LogP contribution in [-0.2, 0) is 14.8 Å². The largest absolute Gasteiger partial charge is 0.271 e. The molecule has 33 heavy (non-hydrogen) atoms. The maximum atomic E-state index is 13.4. The predicted octanol–water partition coefficient (Wildman–Crippen LogP) is 5.61. The summed E-state index contributed by atoms with van der Waals surface area (Å²) in [6, 6.07) is 16.0. The predicted molar refractivity (Wildman–Crippen MR) is 134 cm³/mol. The van der Waals surface area contributed by atoms with Crippen LogP contribution in [0.4, 0.5) is 5.69 Å². The Hall–Kier alpha value is -2.58. The van der Waals surface area contributed by atoms with Crippen molar-refractivity contribution in [2.75, 3.05) is 10.8 Å². The third-order valence-electron chi connectivity index (χ3n) is 4.69. The van der Waals surface area contributed by atoms with Gasteiger partial charge in [-0.25, -0.2) is 13.8 Å². The number of hydrogen-bond donors (Lipinski definition) is 1. The van der Waals surface area contributed by atoms with Crippen LogP contribution in [0.5, 0.6) is 0 Å². The molecule has 6 nitrogen and oxygen atoms in total. The molecule has 0 fully saturated rings. The van der Waals surface area contributed by atoms with Gasteiger partial charge in [0.2, 0.25) is 0 Å². The average molecular weight is 525 g/mol. The molecule has 0 spiro atoms. The number of carbonyl (C=O) groups is 1. The van der Waals surface area contributed by atoms with E-state index < -0.39 is 22.5 Å². The lowest BCUT2D eigenvalue weighted by Gasteiger charge is -2.24. The van der Waals surface area contributed by atoms with Crippen molar-refractivity contribution in [2.45, 2.75) is 18.7 Å². The smallest absolute Gasteiger partial charge is 0.264 e. The number of halogens is 3. The van der Waals surface area contributed by atoms with Crippen LogP contribution < -0.4 is 9.73 Å². The van der Waals surface area contributed by atoms with Gasteiger partial charge in [-0.1, -0.05) is 64.6 Å². The summed E-state index contributed by atoms with van der Waals surface area (Å²) in [7, 11) is -4.06. The summed E-state index contributed by atoms with van der Waals surface area (Å²) >= 11 is 18.2. The van der Waals surface area contributed by atoms with Crippen molar-refractivity contribution in [3.63, 3.8) is 0 Å². The van der Waals surface area contributed by atoms with Crippen LogP contribution in [0.25, 0.3) is 0 Å². The number of carbonyl (C=O) groups excluding carboxylic acids is 1. The molecule has 0 saturated heterocycles. The van der Waals surface area contributed by atoms with E-state index in [1.54, 1.807) is 49.4 Å². The number of amides is 1. The first-order valence-corrected chi connectivity index (χ1v) is 12.3. The fraction of sp³-hybridized carbons (Fsp3) is 0.130. The standard InChI is InChI=1S/C23H20Cl3N3O3S/c1-15-3-9-20(10-4-15)33(31,32)29(19-8-5-16(2)21(25)12-19)14-23(30)28-27-13-17-6-7-18(24)11-22(17)26/h3-13H,14H2,1-2H3,(H,28,30)/b27-13-. The van der Waals surface area contributed by atoms with Crippen molar-refractivity contribution in [1.82, 2.24) is 5.43 Å². The van der Waals surface area contributed by atoms with Gasteiger partial charge in [0.15, 0.2) is 0 Å². The van der Waals surface area contributed by atoms with Gasteiger partial charge >= 0.3 is 0 Å². The summed E-state index contributed by atoms with van der Waals surface area (Å²) in [5.41, 5.74) is 4.81. The van der Waals surface area contributed by atoms with E-state index in [1.165, 1.54) is 24.4 Å². The van der Waals surface area contributed by atoms with Gasteiger partial charge in [0, 0.05) is 15.6 Å². The number of hydrogen-bond acceptors (Lipinski definition) is 4. The molecule has 0 aliphatic carbocycles. The molecule has 0 unspecified atom stereocenters. The number of nitrogens with zero attached hydrogens (tertiary/aromatic N) is 2. The molecule has 1 amide bonds. The number of aryl methyl sites for hydroxylation is 2. The van der Waals surface area contributed by atoms with Crippen LogP contribution in [0.3, 0.4) is 0 Å². The topological polar surface area (TPSA) is 78.8 Å². The van der Waals surface area contributed by atoms with Gasteiger partial charge in [-0.3, -0.25) is 9.10 Å². The fourth-order valence-electron chi connectivity index (χ4n) is 2.84. The molecule has 0 bridgehead atoms. The highest BCUT2D eigenvalue weighted by molar-refractivity contribution is 7.92. The van der Waals surface area contributed by atoms with Crippen LogP contribution in [-0.4, -0.2) is 27.1 Å². The number of hydrazone groups is 1. The second-order valence-corrected chi connectivity index (χ2v) is 10.3. The zero-order chi connectivity index (χ0) is 24.2. The quantitative estimate of drug-likeness (QED) is 0.322. The maximum absolute atomic E-state index is 13.4. The zero-order valence-electron chi connectivity index (χ0n) is 17.7. The number of nitrogens with one attached hydrogen (secondary N) is 1. The Morgan fingerprint density at radius 1 is 0.970 bits per heavy atom. The molecule has 0 aromatic heterocycles. The van der Waals surface area contributed by atoms with E-state index in [0.29, 0.717) is 20.6 Å². The highest BCUT2D eigenvalue weighted by Crippen LogP contribution is 2.28. The molecule has 3 aromatic carbocycles. The molecule has 3 aromatic rings. The molecular weight excluding hydrogens is 505 g/mol. The van der Waals surface area contributed by atoms with Crippen LogP contribution >= 0.6 is 34.8 Å². The van der Waals surface area contributed by atoms with Crippen molar-refractivity contribution >= 4 is 62.6 Å².